The number of aromatic nitrogens is 1. The monoisotopic (exact) mass is 451 g/mol. The lowest BCUT2D eigenvalue weighted by atomic mass is 10.0. The van der Waals surface area contributed by atoms with E-state index in [9.17, 15) is 9.59 Å². The summed E-state index contributed by atoms with van der Waals surface area (Å²) in [7, 11) is 1.31. The van der Waals surface area contributed by atoms with Crippen molar-refractivity contribution in [3.05, 3.63) is 108 Å². The summed E-state index contributed by atoms with van der Waals surface area (Å²) in [6.45, 7) is 0.424. The minimum atomic E-state index is -0.515. The fraction of sp³-hybridized carbons (Fsp3) is 0.0741. The molecule has 0 atom stereocenters. The Balaban J connectivity index is 1.38. The highest BCUT2D eigenvalue weighted by molar-refractivity contribution is 6.07. The highest BCUT2D eigenvalue weighted by Gasteiger charge is 2.13. The largest absolute Gasteiger partial charge is 0.463 e. The van der Waals surface area contributed by atoms with Crippen LogP contribution in [0.2, 0.25) is 0 Å². The fourth-order valence-electron chi connectivity index (χ4n) is 3.99. The topological polar surface area (TPSA) is 85.8 Å². The van der Waals surface area contributed by atoms with Crippen LogP contribution in [0, 0.1) is 0 Å². The molecular formula is C27H21N3O4. The van der Waals surface area contributed by atoms with Crippen molar-refractivity contribution in [1.82, 2.24) is 9.99 Å². The van der Waals surface area contributed by atoms with Crippen LogP contribution in [-0.2, 0) is 11.3 Å². The zero-order valence-corrected chi connectivity index (χ0v) is 18.4. The third-order valence-electron chi connectivity index (χ3n) is 5.60. The van der Waals surface area contributed by atoms with Crippen LogP contribution in [0.4, 0.5) is 0 Å². The SMILES string of the molecule is COC(=O)c1ccc(Cn2cc(/C=N\NC(=O)c3cccc4ccccc34)c3ccccc32)o1. The Labute approximate surface area is 195 Å². The first kappa shape index (κ1) is 21.2. The van der Waals surface area contributed by atoms with Crippen LogP contribution in [0.1, 0.15) is 32.2 Å². The van der Waals surface area contributed by atoms with E-state index in [1.807, 2.05) is 71.4 Å². The van der Waals surface area contributed by atoms with Crippen molar-refractivity contribution in [2.24, 2.45) is 5.10 Å². The lowest BCUT2D eigenvalue weighted by Gasteiger charge is -2.04. The van der Waals surface area contributed by atoms with Gasteiger partial charge < -0.3 is 13.7 Å². The van der Waals surface area contributed by atoms with Gasteiger partial charge in [-0.1, -0.05) is 54.6 Å². The molecule has 7 heteroatoms. The van der Waals surface area contributed by atoms with Crippen molar-refractivity contribution in [2.45, 2.75) is 6.54 Å². The number of esters is 1. The van der Waals surface area contributed by atoms with Crippen LogP contribution in [0.15, 0.2) is 94.6 Å². The molecule has 0 aliphatic heterocycles. The van der Waals surface area contributed by atoms with Gasteiger partial charge in [-0.3, -0.25) is 4.79 Å². The van der Waals surface area contributed by atoms with E-state index in [-0.39, 0.29) is 11.7 Å². The number of benzene rings is 3. The van der Waals surface area contributed by atoms with E-state index in [4.69, 9.17) is 9.15 Å². The molecule has 1 amide bonds. The van der Waals surface area contributed by atoms with Gasteiger partial charge in [0.05, 0.1) is 19.9 Å². The Kier molecular flexibility index (Phi) is 5.66. The van der Waals surface area contributed by atoms with Gasteiger partial charge in [0.15, 0.2) is 0 Å². The molecule has 0 bridgehead atoms. The molecule has 2 aromatic heterocycles. The average molecular weight is 451 g/mol. The van der Waals surface area contributed by atoms with E-state index in [2.05, 4.69) is 10.5 Å². The van der Waals surface area contributed by atoms with Crippen LogP contribution < -0.4 is 5.43 Å². The van der Waals surface area contributed by atoms with E-state index in [0.717, 1.165) is 27.2 Å². The first-order valence-corrected chi connectivity index (χ1v) is 10.7. The minimum Gasteiger partial charge on any atom is -0.463 e. The third-order valence-corrected chi connectivity index (χ3v) is 5.60. The number of rotatable bonds is 6. The van der Waals surface area contributed by atoms with E-state index in [0.29, 0.717) is 17.9 Å². The van der Waals surface area contributed by atoms with E-state index >= 15 is 0 Å². The second-order valence-electron chi connectivity index (χ2n) is 7.71. The van der Waals surface area contributed by atoms with Crippen LogP contribution in [0.3, 0.4) is 0 Å². The highest BCUT2D eigenvalue weighted by Crippen LogP contribution is 2.22. The lowest BCUT2D eigenvalue weighted by molar-refractivity contribution is 0.0562. The standard InChI is InChI=1S/C27H21N3O4/c1-33-27(32)25-14-13-20(34-25)17-30-16-19(22-10-4-5-12-24(22)30)15-28-29-26(31)23-11-6-8-18-7-2-3-9-21(18)23/h2-16H,17H2,1H3,(H,29,31)/b28-15-. The summed E-state index contributed by atoms with van der Waals surface area (Å²) in [6.07, 6.45) is 3.56. The van der Waals surface area contributed by atoms with Crippen molar-refractivity contribution in [3.8, 4) is 0 Å². The summed E-state index contributed by atoms with van der Waals surface area (Å²) >= 11 is 0. The number of ether oxygens (including phenoxy) is 1. The predicted octanol–water partition coefficient (Wildman–Crippen LogP) is 4.99. The second-order valence-corrected chi connectivity index (χ2v) is 7.71. The van der Waals surface area contributed by atoms with Gasteiger partial charge in [-0.25, -0.2) is 10.2 Å². The fourth-order valence-corrected chi connectivity index (χ4v) is 3.99. The molecule has 7 nitrogen and oxygen atoms in total. The molecule has 1 N–H and O–H groups in total. The van der Waals surface area contributed by atoms with Crippen molar-refractivity contribution in [2.75, 3.05) is 7.11 Å². The Morgan fingerprint density at radius 2 is 1.74 bits per heavy atom. The van der Waals surface area contributed by atoms with Gasteiger partial charge in [-0.2, -0.15) is 5.10 Å². The summed E-state index contributed by atoms with van der Waals surface area (Å²) in [6, 6.07) is 24.6. The highest BCUT2D eigenvalue weighted by atomic mass is 16.5. The first-order valence-electron chi connectivity index (χ1n) is 10.7. The number of nitrogens with one attached hydrogen (secondary N) is 1. The van der Waals surface area contributed by atoms with Gasteiger partial charge in [0.2, 0.25) is 5.76 Å². The Hall–Kier alpha value is -4.65. The maximum absolute atomic E-state index is 12.8. The zero-order valence-electron chi connectivity index (χ0n) is 18.4. The summed E-state index contributed by atoms with van der Waals surface area (Å²) in [5.74, 6) is -0.0121. The van der Waals surface area contributed by atoms with Gasteiger partial charge in [0.25, 0.3) is 5.91 Å². The van der Waals surface area contributed by atoms with Crippen LogP contribution in [0.5, 0.6) is 0 Å². The molecule has 168 valence electrons. The van der Waals surface area contributed by atoms with Crippen LogP contribution in [-0.4, -0.2) is 29.8 Å². The number of hydrogen-bond acceptors (Lipinski definition) is 5. The molecule has 0 saturated carbocycles. The van der Waals surface area contributed by atoms with Crippen LogP contribution in [0.25, 0.3) is 21.7 Å². The predicted molar refractivity (Wildman–Crippen MR) is 130 cm³/mol. The molecule has 0 aliphatic carbocycles. The third kappa shape index (κ3) is 4.06. The maximum Gasteiger partial charge on any atom is 0.373 e. The number of methoxy groups -OCH3 is 1. The van der Waals surface area contributed by atoms with Gasteiger partial charge in [-0.15, -0.1) is 0 Å². The number of furan rings is 1. The Bertz CT molecular complexity index is 1540. The summed E-state index contributed by atoms with van der Waals surface area (Å²) in [5.41, 5.74) is 5.02. The van der Waals surface area contributed by atoms with Crippen molar-refractivity contribution in [3.63, 3.8) is 0 Å². The Morgan fingerprint density at radius 3 is 2.59 bits per heavy atom. The van der Waals surface area contributed by atoms with E-state index in [1.54, 1.807) is 24.4 Å². The molecule has 0 saturated heterocycles. The van der Waals surface area contributed by atoms with Gasteiger partial charge in [0, 0.05) is 28.2 Å². The normalized spacial score (nSPS) is 11.3. The number of hydrogen-bond donors (Lipinski definition) is 1. The Morgan fingerprint density at radius 1 is 0.971 bits per heavy atom. The number of carbonyl (C=O) groups excluding carboxylic acids is 2. The number of amides is 1. The van der Waals surface area contributed by atoms with Crippen molar-refractivity contribution < 1.29 is 18.7 Å². The number of fused-ring (bicyclic) bond motifs is 2. The molecule has 0 fully saturated rings. The van der Waals surface area contributed by atoms with Crippen molar-refractivity contribution in [1.29, 1.82) is 0 Å². The smallest absolute Gasteiger partial charge is 0.373 e. The molecule has 34 heavy (non-hydrogen) atoms. The number of nitrogens with zero attached hydrogens (tertiary/aromatic N) is 2. The van der Waals surface area contributed by atoms with Gasteiger partial charge in [-0.05, 0) is 35.0 Å². The molecule has 5 aromatic rings. The van der Waals surface area contributed by atoms with E-state index < -0.39 is 5.97 Å². The quantitative estimate of drug-likeness (QED) is 0.224. The molecule has 0 unspecified atom stereocenters. The summed E-state index contributed by atoms with van der Waals surface area (Å²) in [4.78, 5) is 24.4. The van der Waals surface area contributed by atoms with Gasteiger partial charge >= 0.3 is 5.97 Å². The first-order chi connectivity index (χ1) is 16.6. The zero-order chi connectivity index (χ0) is 23.5. The maximum atomic E-state index is 12.8. The number of carbonyl (C=O) groups is 2. The molecule has 0 aliphatic rings. The minimum absolute atomic E-state index is 0.159. The lowest BCUT2D eigenvalue weighted by Crippen LogP contribution is -2.17. The summed E-state index contributed by atoms with van der Waals surface area (Å²) in [5, 5.41) is 7.06. The van der Waals surface area contributed by atoms with E-state index in [1.165, 1.54) is 7.11 Å². The average Bonchev–Trinajstić information content (AvgIpc) is 3.48. The molecule has 2 heterocycles. The molecular weight excluding hydrogens is 430 g/mol. The molecule has 0 radical (unpaired) electrons. The van der Waals surface area contributed by atoms with Crippen molar-refractivity contribution >= 4 is 39.8 Å². The molecule has 0 spiro atoms. The molecule has 5 rings (SSSR count). The van der Waals surface area contributed by atoms with Gasteiger partial charge in [0.1, 0.15) is 5.76 Å². The second kappa shape index (κ2) is 9.07. The van der Waals surface area contributed by atoms with Crippen LogP contribution >= 0.6 is 0 Å². The number of hydrazone groups is 1. The summed E-state index contributed by atoms with van der Waals surface area (Å²) < 4.78 is 12.3. The number of para-hydroxylation sites is 1. The molecule has 3 aromatic carbocycles.